The van der Waals surface area contributed by atoms with E-state index < -0.39 is 30.4 Å². The van der Waals surface area contributed by atoms with Crippen LogP contribution in [-0.4, -0.2) is 43.5 Å². The van der Waals surface area contributed by atoms with Crippen LogP contribution in [0.3, 0.4) is 0 Å². The van der Waals surface area contributed by atoms with E-state index in [1.165, 1.54) is 4.90 Å². The minimum atomic E-state index is -0.672. The second-order valence-corrected chi connectivity index (χ2v) is 8.62. The van der Waals surface area contributed by atoms with Crippen LogP contribution in [-0.2, 0) is 23.9 Å². The zero-order valence-electron chi connectivity index (χ0n) is 18.4. The summed E-state index contributed by atoms with van der Waals surface area (Å²) in [6.07, 6.45) is 0.724. The lowest BCUT2D eigenvalue weighted by molar-refractivity contribution is -0.151. The maximum absolute atomic E-state index is 12.4. The number of aryl methyl sites for hydroxylation is 1. The summed E-state index contributed by atoms with van der Waals surface area (Å²) in [5, 5.41) is 2.70. The van der Waals surface area contributed by atoms with Gasteiger partial charge in [0.1, 0.15) is 0 Å². The van der Waals surface area contributed by atoms with E-state index >= 15 is 0 Å². The van der Waals surface area contributed by atoms with Gasteiger partial charge in [0.2, 0.25) is 5.91 Å². The summed E-state index contributed by atoms with van der Waals surface area (Å²) in [7, 11) is 0. The molecule has 2 amide bonds. The fourth-order valence-corrected chi connectivity index (χ4v) is 3.85. The Kier molecular flexibility index (Phi) is 8.21. The Hall–Kier alpha value is -3.20. The lowest BCUT2D eigenvalue weighted by Crippen LogP contribution is -2.28. The molecule has 1 atom stereocenters. The van der Waals surface area contributed by atoms with Gasteiger partial charge in [0.05, 0.1) is 18.1 Å². The molecule has 0 aliphatic carbocycles. The topological polar surface area (TPSA) is 102 Å². The molecule has 0 unspecified atom stereocenters. The lowest BCUT2D eigenvalue weighted by atomic mass is 10.1. The SMILES string of the molecule is CCCOC(=O)c1ccc(N2C[C@@H](C(=O)OCC(=O)Nc3ccc(Br)cc3C)CC2=O)cc1. The molecule has 33 heavy (non-hydrogen) atoms. The predicted octanol–water partition coefficient (Wildman–Crippen LogP) is 3.86. The molecule has 9 heteroatoms. The van der Waals surface area contributed by atoms with Gasteiger partial charge in [0, 0.05) is 28.8 Å². The van der Waals surface area contributed by atoms with E-state index in [2.05, 4.69) is 21.2 Å². The Morgan fingerprint density at radius 2 is 1.85 bits per heavy atom. The van der Waals surface area contributed by atoms with Gasteiger partial charge in [-0.1, -0.05) is 22.9 Å². The van der Waals surface area contributed by atoms with Gasteiger partial charge in [-0.05, 0) is 61.4 Å². The first-order valence-electron chi connectivity index (χ1n) is 10.6. The molecule has 1 heterocycles. The van der Waals surface area contributed by atoms with E-state index in [1.807, 2.05) is 19.9 Å². The molecular formula is C24H25BrN2O6. The second kappa shape index (κ2) is 11.1. The predicted molar refractivity (Wildman–Crippen MR) is 126 cm³/mol. The number of ether oxygens (including phenoxy) is 2. The summed E-state index contributed by atoms with van der Waals surface area (Å²) in [6.45, 7) is 3.81. The average Bonchev–Trinajstić information content (AvgIpc) is 3.19. The van der Waals surface area contributed by atoms with Crippen LogP contribution in [0, 0.1) is 12.8 Å². The first kappa shape index (κ1) is 24.4. The maximum Gasteiger partial charge on any atom is 0.338 e. The van der Waals surface area contributed by atoms with E-state index in [4.69, 9.17) is 9.47 Å². The smallest absolute Gasteiger partial charge is 0.338 e. The number of benzene rings is 2. The minimum absolute atomic E-state index is 0.00738. The van der Waals surface area contributed by atoms with Crippen molar-refractivity contribution in [2.45, 2.75) is 26.7 Å². The fraction of sp³-hybridized carbons (Fsp3) is 0.333. The first-order valence-corrected chi connectivity index (χ1v) is 11.4. The van der Waals surface area contributed by atoms with Crippen molar-refractivity contribution in [1.29, 1.82) is 0 Å². The van der Waals surface area contributed by atoms with Crippen LogP contribution >= 0.6 is 15.9 Å². The molecule has 0 bridgehead atoms. The number of rotatable bonds is 8. The molecule has 1 aliphatic rings. The van der Waals surface area contributed by atoms with Crippen LogP contribution in [0.4, 0.5) is 11.4 Å². The highest BCUT2D eigenvalue weighted by molar-refractivity contribution is 9.10. The van der Waals surface area contributed by atoms with Gasteiger partial charge in [-0.15, -0.1) is 0 Å². The van der Waals surface area contributed by atoms with Crippen LogP contribution in [0.25, 0.3) is 0 Å². The highest BCUT2D eigenvalue weighted by Crippen LogP contribution is 2.26. The highest BCUT2D eigenvalue weighted by Gasteiger charge is 2.36. The summed E-state index contributed by atoms with van der Waals surface area (Å²) in [6, 6.07) is 11.9. The molecule has 2 aromatic carbocycles. The summed E-state index contributed by atoms with van der Waals surface area (Å²) < 4.78 is 11.1. The monoisotopic (exact) mass is 516 g/mol. The van der Waals surface area contributed by atoms with E-state index in [-0.39, 0.29) is 18.9 Å². The molecule has 1 N–H and O–H groups in total. The van der Waals surface area contributed by atoms with E-state index in [0.29, 0.717) is 23.5 Å². The lowest BCUT2D eigenvalue weighted by Gasteiger charge is -2.17. The Morgan fingerprint density at radius 1 is 1.12 bits per heavy atom. The van der Waals surface area contributed by atoms with Gasteiger partial charge in [-0.3, -0.25) is 14.4 Å². The average molecular weight is 517 g/mol. The van der Waals surface area contributed by atoms with Crippen LogP contribution < -0.4 is 10.2 Å². The normalized spacial score (nSPS) is 15.3. The van der Waals surface area contributed by atoms with Crippen molar-refractivity contribution in [1.82, 2.24) is 0 Å². The second-order valence-electron chi connectivity index (χ2n) is 7.70. The molecule has 8 nitrogen and oxygen atoms in total. The number of amides is 2. The molecule has 1 aliphatic heterocycles. The third kappa shape index (κ3) is 6.41. The van der Waals surface area contributed by atoms with E-state index in [0.717, 1.165) is 16.5 Å². The van der Waals surface area contributed by atoms with Crippen molar-refractivity contribution in [3.05, 3.63) is 58.1 Å². The molecule has 0 saturated carbocycles. The molecule has 0 aromatic heterocycles. The van der Waals surface area contributed by atoms with Gasteiger partial charge in [0.15, 0.2) is 6.61 Å². The number of nitrogens with zero attached hydrogens (tertiary/aromatic N) is 1. The Morgan fingerprint density at radius 3 is 2.52 bits per heavy atom. The molecule has 1 saturated heterocycles. The van der Waals surface area contributed by atoms with Crippen LogP contribution in [0.15, 0.2) is 46.9 Å². The number of esters is 2. The van der Waals surface area contributed by atoms with Crippen molar-refractivity contribution in [3.63, 3.8) is 0 Å². The number of halogens is 1. The van der Waals surface area contributed by atoms with Crippen LogP contribution in [0.2, 0.25) is 0 Å². The van der Waals surface area contributed by atoms with Crippen LogP contribution in [0.5, 0.6) is 0 Å². The fourth-order valence-electron chi connectivity index (χ4n) is 3.38. The Balaban J connectivity index is 1.52. The Bertz CT molecular complexity index is 1050. The first-order chi connectivity index (χ1) is 15.8. The standard InChI is InChI=1S/C24H25BrN2O6/c1-3-10-32-23(30)16-4-7-19(8-5-16)27-13-17(12-22(27)29)24(31)33-14-21(28)26-20-9-6-18(25)11-15(20)2/h4-9,11,17H,3,10,12-14H2,1-2H3,(H,26,28)/t17-/m0/s1. The third-order valence-corrected chi connectivity index (χ3v) is 5.61. The summed E-state index contributed by atoms with van der Waals surface area (Å²) in [5.41, 5.74) is 2.46. The third-order valence-electron chi connectivity index (χ3n) is 5.12. The van der Waals surface area contributed by atoms with Crippen molar-refractivity contribution < 1.29 is 28.7 Å². The summed E-state index contributed by atoms with van der Waals surface area (Å²) >= 11 is 3.36. The Labute approximate surface area is 200 Å². The summed E-state index contributed by atoms with van der Waals surface area (Å²) in [4.78, 5) is 50.4. The van der Waals surface area contributed by atoms with Gasteiger partial charge in [-0.25, -0.2) is 4.79 Å². The van der Waals surface area contributed by atoms with Gasteiger partial charge >= 0.3 is 11.9 Å². The molecule has 3 rings (SSSR count). The van der Waals surface area contributed by atoms with Crippen molar-refractivity contribution in [2.75, 3.05) is 30.0 Å². The summed E-state index contributed by atoms with van der Waals surface area (Å²) in [5.74, 6) is -2.38. The number of carbonyl (C=O) groups is 4. The van der Waals surface area contributed by atoms with Gasteiger partial charge < -0.3 is 19.7 Å². The molecule has 0 radical (unpaired) electrons. The number of hydrogen-bond donors (Lipinski definition) is 1. The maximum atomic E-state index is 12.4. The highest BCUT2D eigenvalue weighted by atomic mass is 79.9. The largest absolute Gasteiger partial charge is 0.462 e. The zero-order chi connectivity index (χ0) is 24.0. The number of hydrogen-bond acceptors (Lipinski definition) is 6. The molecule has 174 valence electrons. The van der Waals surface area contributed by atoms with Crippen molar-refractivity contribution in [2.24, 2.45) is 5.92 Å². The molecular weight excluding hydrogens is 492 g/mol. The van der Waals surface area contributed by atoms with E-state index in [1.54, 1.807) is 36.4 Å². The molecule has 1 fully saturated rings. The van der Waals surface area contributed by atoms with Gasteiger partial charge in [0.25, 0.3) is 5.91 Å². The zero-order valence-corrected chi connectivity index (χ0v) is 20.0. The van der Waals surface area contributed by atoms with Crippen molar-refractivity contribution >= 4 is 51.1 Å². The number of anilines is 2. The number of nitrogens with one attached hydrogen (secondary N) is 1. The van der Waals surface area contributed by atoms with E-state index in [9.17, 15) is 19.2 Å². The minimum Gasteiger partial charge on any atom is -0.462 e. The quantitative estimate of drug-likeness (QED) is 0.534. The van der Waals surface area contributed by atoms with Crippen molar-refractivity contribution in [3.8, 4) is 0 Å². The van der Waals surface area contributed by atoms with Crippen LogP contribution in [0.1, 0.15) is 35.7 Å². The number of carbonyl (C=O) groups excluding carboxylic acids is 4. The molecule has 2 aromatic rings. The molecule has 0 spiro atoms. The van der Waals surface area contributed by atoms with Gasteiger partial charge in [-0.2, -0.15) is 0 Å².